The number of rotatable bonds is 2. The molecule has 0 bridgehead atoms. The van der Waals surface area contributed by atoms with Gasteiger partial charge in [-0.25, -0.2) is 8.78 Å². The third-order valence-corrected chi connectivity index (χ3v) is 3.05. The molecule has 0 aliphatic carbocycles. The predicted octanol–water partition coefficient (Wildman–Crippen LogP) is 3.69. The van der Waals surface area contributed by atoms with Gasteiger partial charge in [0.15, 0.2) is 0 Å². The number of benzene rings is 2. The fourth-order valence-corrected chi connectivity index (χ4v) is 1.96. The summed E-state index contributed by atoms with van der Waals surface area (Å²) in [5.74, 6) is -2.59. The Balaban J connectivity index is 2.31. The van der Waals surface area contributed by atoms with Gasteiger partial charge in [0, 0.05) is 4.47 Å². The molecule has 2 aromatic rings. The summed E-state index contributed by atoms with van der Waals surface area (Å²) in [4.78, 5) is 11.9. The van der Waals surface area contributed by atoms with Crippen molar-refractivity contribution in [3.63, 3.8) is 0 Å². The van der Waals surface area contributed by atoms with Crippen molar-refractivity contribution < 1.29 is 18.7 Å². The molecule has 0 unspecified atom stereocenters. The van der Waals surface area contributed by atoms with Crippen molar-refractivity contribution in [1.29, 1.82) is 0 Å². The van der Waals surface area contributed by atoms with Crippen LogP contribution in [0.2, 0.25) is 0 Å². The molecule has 1 amide bonds. The highest BCUT2D eigenvalue weighted by molar-refractivity contribution is 9.10. The van der Waals surface area contributed by atoms with E-state index in [9.17, 15) is 18.7 Å². The predicted molar refractivity (Wildman–Crippen MR) is 70.1 cm³/mol. The Bertz CT molecular complexity index is 626. The molecule has 0 atom stereocenters. The van der Waals surface area contributed by atoms with Gasteiger partial charge in [-0.05, 0) is 46.3 Å². The summed E-state index contributed by atoms with van der Waals surface area (Å²) in [6, 6.07) is 7.20. The van der Waals surface area contributed by atoms with Crippen LogP contribution in [0.15, 0.2) is 40.9 Å². The van der Waals surface area contributed by atoms with E-state index < -0.39 is 28.9 Å². The summed E-state index contributed by atoms with van der Waals surface area (Å²) >= 11 is 3.07. The molecule has 6 heteroatoms. The smallest absolute Gasteiger partial charge is 0.262 e. The molecule has 0 spiro atoms. The molecular formula is C13H8BrF2NO2. The lowest BCUT2D eigenvalue weighted by molar-refractivity contribution is 0.102. The van der Waals surface area contributed by atoms with Crippen LogP contribution in [-0.2, 0) is 0 Å². The van der Waals surface area contributed by atoms with Gasteiger partial charge in [0.2, 0.25) is 0 Å². The monoisotopic (exact) mass is 327 g/mol. The highest BCUT2D eigenvalue weighted by Gasteiger charge is 2.17. The van der Waals surface area contributed by atoms with Gasteiger partial charge in [-0.15, -0.1) is 0 Å². The minimum atomic E-state index is -0.837. The van der Waals surface area contributed by atoms with Crippen molar-refractivity contribution in [2.45, 2.75) is 0 Å². The largest absolute Gasteiger partial charge is 0.507 e. The van der Waals surface area contributed by atoms with Crippen LogP contribution in [0.5, 0.6) is 5.75 Å². The van der Waals surface area contributed by atoms with Crippen LogP contribution in [0.25, 0.3) is 0 Å². The summed E-state index contributed by atoms with van der Waals surface area (Å²) in [5, 5.41) is 11.9. The first-order valence-corrected chi connectivity index (χ1v) is 6.02. The van der Waals surface area contributed by atoms with E-state index in [2.05, 4.69) is 21.2 Å². The van der Waals surface area contributed by atoms with Gasteiger partial charge >= 0.3 is 0 Å². The molecular weight excluding hydrogens is 320 g/mol. The Hall–Kier alpha value is -1.95. The molecule has 0 saturated carbocycles. The molecule has 0 aliphatic rings. The van der Waals surface area contributed by atoms with Crippen molar-refractivity contribution in [2.75, 3.05) is 5.32 Å². The fourth-order valence-electron chi connectivity index (χ4n) is 1.51. The fraction of sp³-hybridized carbons (Fsp3) is 0. The highest BCUT2D eigenvalue weighted by Crippen LogP contribution is 2.26. The van der Waals surface area contributed by atoms with Crippen molar-refractivity contribution in [1.82, 2.24) is 0 Å². The van der Waals surface area contributed by atoms with E-state index in [0.29, 0.717) is 4.47 Å². The summed E-state index contributed by atoms with van der Waals surface area (Å²) < 4.78 is 26.7. The number of halogens is 3. The standard InChI is InChI=1S/C13H8BrF2NO2/c14-8-6-7(15)4-5-10(8)17-13(19)12-9(16)2-1-3-11(12)18/h1-6,18H,(H,17,19). The Kier molecular flexibility index (Phi) is 3.80. The van der Waals surface area contributed by atoms with Crippen LogP contribution < -0.4 is 5.32 Å². The maximum atomic E-state index is 13.5. The molecule has 2 aromatic carbocycles. The number of anilines is 1. The molecule has 0 fully saturated rings. The van der Waals surface area contributed by atoms with Crippen LogP contribution >= 0.6 is 15.9 Å². The van der Waals surface area contributed by atoms with E-state index in [1.807, 2.05) is 0 Å². The van der Waals surface area contributed by atoms with Crippen LogP contribution in [0.4, 0.5) is 14.5 Å². The van der Waals surface area contributed by atoms with E-state index in [-0.39, 0.29) is 5.69 Å². The zero-order valence-electron chi connectivity index (χ0n) is 9.45. The topological polar surface area (TPSA) is 49.3 Å². The molecule has 0 heterocycles. The van der Waals surface area contributed by atoms with Gasteiger partial charge in [-0.2, -0.15) is 0 Å². The quantitative estimate of drug-likeness (QED) is 0.883. The molecule has 3 nitrogen and oxygen atoms in total. The SMILES string of the molecule is O=C(Nc1ccc(F)cc1Br)c1c(O)cccc1F. The average molecular weight is 328 g/mol. The number of phenolic OH excluding ortho intramolecular Hbond substituents is 1. The lowest BCUT2D eigenvalue weighted by atomic mass is 10.1. The molecule has 0 aromatic heterocycles. The summed E-state index contributed by atoms with van der Waals surface area (Å²) in [6.07, 6.45) is 0. The van der Waals surface area contributed by atoms with E-state index in [4.69, 9.17) is 0 Å². The second kappa shape index (κ2) is 5.36. The first-order valence-electron chi connectivity index (χ1n) is 5.23. The normalized spacial score (nSPS) is 10.3. The van der Waals surface area contributed by atoms with E-state index in [1.165, 1.54) is 18.2 Å². The Morgan fingerprint density at radius 2 is 1.95 bits per heavy atom. The van der Waals surface area contributed by atoms with Gasteiger partial charge < -0.3 is 10.4 Å². The maximum Gasteiger partial charge on any atom is 0.262 e. The zero-order valence-corrected chi connectivity index (χ0v) is 11.0. The summed E-state index contributed by atoms with van der Waals surface area (Å²) in [7, 11) is 0. The molecule has 0 radical (unpaired) electrons. The zero-order chi connectivity index (χ0) is 14.0. The first kappa shape index (κ1) is 13.5. The molecule has 2 N–H and O–H groups in total. The summed E-state index contributed by atoms with van der Waals surface area (Å²) in [6.45, 7) is 0. The minimum absolute atomic E-state index is 0.272. The number of aromatic hydroxyl groups is 1. The van der Waals surface area contributed by atoms with Crippen LogP contribution in [-0.4, -0.2) is 11.0 Å². The van der Waals surface area contributed by atoms with Crippen LogP contribution in [0, 0.1) is 11.6 Å². The third-order valence-electron chi connectivity index (χ3n) is 2.40. The number of amides is 1. The number of hydrogen-bond acceptors (Lipinski definition) is 2. The molecule has 2 rings (SSSR count). The van der Waals surface area contributed by atoms with E-state index in [0.717, 1.165) is 18.2 Å². The lowest BCUT2D eigenvalue weighted by Gasteiger charge is -2.09. The Morgan fingerprint density at radius 3 is 2.58 bits per heavy atom. The summed E-state index contributed by atoms with van der Waals surface area (Å²) in [5.41, 5.74) is -0.187. The molecule has 19 heavy (non-hydrogen) atoms. The number of hydrogen-bond donors (Lipinski definition) is 2. The first-order chi connectivity index (χ1) is 8.99. The van der Waals surface area contributed by atoms with Gasteiger partial charge in [0.1, 0.15) is 22.9 Å². The molecule has 0 saturated heterocycles. The lowest BCUT2D eigenvalue weighted by Crippen LogP contribution is -2.14. The second-order valence-electron chi connectivity index (χ2n) is 3.71. The van der Waals surface area contributed by atoms with Crippen molar-refractivity contribution in [3.05, 3.63) is 58.1 Å². The maximum absolute atomic E-state index is 13.5. The van der Waals surface area contributed by atoms with E-state index in [1.54, 1.807) is 0 Å². The number of nitrogens with one attached hydrogen (secondary N) is 1. The second-order valence-corrected chi connectivity index (χ2v) is 4.57. The third kappa shape index (κ3) is 2.90. The molecule has 98 valence electrons. The molecule has 0 aliphatic heterocycles. The minimum Gasteiger partial charge on any atom is -0.507 e. The number of carbonyl (C=O) groups is 1. The Morgan fingerprint density at radius 1 is 1.21 bits per heavy atom. The van der Waals surface area contributed by atoms with Crippen LogP contribution in [0.1, 0.15) is 10.4 Å². The Labute approximate surface area is 116 Å². The van der Waals surface area contributed by atoms with Gasteiger partial charge in [-0.1, -0.05) is 6.07 Å². The highest BCUT2D eigenvalue weighted by atomic mass is 79.9. The van der Waals surface area contributed by atoms with E-state index >= 15 is 0 Å². The van der Waals surface area contributed by atoms with Gasteiger partial charge in [0.05, 0.1) is 5.69 Å². The van der Waals surface area contributed by atoms with Crippen molar-refractivity contribution >= 4 is 27.5 Å². The average Bonchev–Trinajstić information content (AvgIpc) is 2.32. The number of phenols is 1. The van der Waals surface area contributed by atoms with Gasteiger partial charge in [0.25, 0.3) is 5.91 Å². The van der Waals surface area contributed by atoms with Crippen molar-refractivity contribution in [3.8, 4) is 5.75 Å². The van der Waals surface area contributed by atoms with Crippen molar-refractivity contribution in [2.24, 2.45) is 0 Å². The van der Waals surface area contributed by atoms with Gasteiger partial charge in [-0.3, -0.25) is 4.79 Å². The van der Waals surface area contributed by atoms with Crippen LogP contribution in [0.3, 0.4) is 0 Å². The number of carbonyl (C=O) groups excluding carboxylic acids is 1.